The molecule has 31 heavy (non-hydrogen) atoms. The van der Waals surface area contributed by atoms with E-state index < -0.39 is 10.0 Å². The molecule has 0 aromatic heterocycles. The Morgan fingerprint density at radius 2 is 1.52 bits per heavy atom. The Morgan fingerprint density at radius 1 is 0.935 bits per heavy atom. The Hall–Kier alpha value is -1.55. The van der Waals surface area contributed by atoms with Crippen LogP contribution in [0, 0.1) is 0 Å². The van der Waals surface area contributed by atoms with Gasteiger partial charge in [-0.1, -0.05) is 37.5 Å². The average molecular weight is 467 g/mol. The van der Waals surface area contributed by atoms with Crippen LogP contribution in [0.5, 0.6) is 0 Å². The number of amides is 1. The fourth-order valence-corrected chi connectivity index (χ4v) is 6.02. The van der Waals surface area contributed by atoms with Gasteiger partial charge in [0.15, 0.2) is 5.11 Å². The Labute approximate surface area is 192 Å². The summed E-state index contributed by atoms with van der Waals surface area (Å²) in [6.07, 6.45) is 5.64. The lowest BCUT2D eigenvalue weighted by Gasteiger charge is -2.34. The number of benzene rings is 1. The van der Waals surface area contributed by atoms with Gasteiger partial charge in [0.2, 0.25) is 10.0 Å². The number of piperazine rings is 1. The van der Waals surface area contributed by atoms with Gasteiger partial charge < -0.3 is 9.80 Å². The van der Waals surface area contributed by atoms with Crippen LogP contribution < -0.4 is 0 Å². The first-order valence-corrected chi connectivity index (χ1v) is 13.0. The van der Waals surface area contributed by atoms with Gasteiger partial charge in [-0.25, -0.2) is 8.42 Å². The molecule has 2 aliphatic rings. The van der Waals surface area contributed by atoms with Gasteiger partial charge in [-0.15, -0.1) is 0 Å². The van der Waals surface area contributed by atoms with Gasteiger partial charge in [0, 0.05) is 39.8 Å². The summed E-state index contributed by atoms with van der Waals surface area (Å²) in [5.74, 6) is 0.0849. The molecule has 0 saturated carbocycles. The predicted molar refractivity (Wildman–Crippen MR) is 126 cm³/mol. The van der Waals surface area contributed by atoms with E-state index in [1.165, 1.54) is 12.8 Å². The van der Waals surface area contributed by atoms with Crippen molar-refractivity contribution in [1.29, 1.82) is 0 Å². The van der Waals surface area contributed by atoms with Crippen molar-refractivity contribution < 1.29 is 13.2 Å². The summed E-state index contributed by atoms with van der Waals surface area (Å²) < 4.78 is 27.0. The van der Waals surface area contributed by atoms with Gasteiger partial charge >= 0.3 is 0 Å². The summed E-state index contributed by atoms with van der Waals surface area (Å²) in [5.41, 5.74) is 0. The Morgan fingerprint density at radius 3 is 2.10 bits per heavy atom. The predicted octanol–water partition coefficient (Wildman–Crippen LogP) is 2.39. The van der Waals surface area contributed by atoms with E-state index in [1.54, 1.807) is 40.5 Å². The van der Waals surface area contributed by atoms with E-state index in [4.69, 9.17) is 12.2 Å². The SMILES string of the molecule is CC1C(=O)N(C)C(=S)N1CCCCCCCN1CCN(S(=O)(=O)c2ccccc2)CC1. The van der Waals surface area contributed by atoms with Crippen molar-refractivity contribution in [2.24, 2.45) is 0 Å². The van der Waals surface area contributed by atoms with Crippen LogP contribution in [0.2, 0.25) is 0 Å². The number of sulfonamides is 1. The van der Waals surface area contributed by atoms with Crippen LogP contribution in [-0.2, 0) is 14.8 Å². The maximum atomic E-state index is 12.7. The molecule has 1 aromatic rings. The fourth-order valence-electron chi connectivity index (χ4n) is 4.24. The number of hydrogen-bond acceptors (Lipinski definition) is 5. The topological polar surface area (TPSA) is 64.2 Å². The molecule has 1 aromatic carbocycles. The molecule has 0 radical (unpaired) electrons. The van der Waals surface area contributed by atoms with E-state index in [0.29, 0.717) is 23.1 Å². The summed E-state index contributed by atoms with van der Waals surface area (Å²) in [6.45, 7) is 6.47. The van der Waals surface area contributed by atoms with Gasteiger partial charge in [-0.05, 0) is 50.7 Å². The van der Waals surface area contributed by atoms with Gasteiger partial charge in [0.1, 0.15) is 6.04 Å². The van der Waals surface area contributed by atoms with Crippen LogP contribution in [0.3, 0.4) is 0 Å². The molecule has 3 rings (SSSR count). The van der Waals surface area contributed by atoms with Crippen molar-refractivity contribution in [2.45, 2.75) is 50.0 Å². The summed E-state index contributed by atoms with van der Waals surface area (Å²) in [6, 6.07) is 8.55. The van der Waals surface area contributed by atoms with Gasteiger partial charge in [0.05, 0.1) is 4.90 Å². The highest BCUT2D eigenvalue weighted by atomic mass is 32.2. The highest BCUT2D eigenvalue weighted by Crippen LogP contribution is 2.19. The van der Waals surface area contributed by atoms with E-state index >= 15 is 0 Å². The zero-order chi connectivity index (χ0) is 22.4. The molecule has 7 nitrogen and oxygen atoms in total. The van der Waals surface area contributed by atoms with E-state index in [0.717, 1.165) is 45.4 Å². The molecule has 0 spiro atoms. The van der Waals surface area contributed by atoms with Crippen molar-refractivity contribution >= 4 is 33.3 Å². The third-order valence-corrected chi connectivity index (χ3v) is 8.69. The lowest BCUT2D eigenvalue weighted by molar-refractivity contribution is -0.126. The molecule has 9 heteroatoms. The van der Waals surface area contributed by atoms with Crippen LogP contribution >= 0.6 is 12.2 Å². The third-order valence-electron chi connectivity index (χ3n) is 6.27. The standard InChI is InChI=1S/C22H34N4O3S2/c1-19-21(27)23(2)22(30)26(19)14-10-5-3-4-9-13-24-15-17-25(18-16-24)31(28,29)20-11-7-6-8-12-20/h6-8,11-12,19H,3-5,9-10,13-18H2,1-2H3. The summed E-state index contributed by atoms with van der Waals surface area (Å²) in [4.78, 5) is 18.3. The molecule has 1 atom stereocenters. The van der Waals surface area contributed by atoms with Crippen LogP contribution in [0.1, 0.15) is 39.0 Å². The Kier molecular flexibility index (Phi) is 8.43. The van der Waals surface area contributed by atoms with Gasteiger partial charge in [-0.3, -0.25) is 9.69 Å². The molecule has 1 amide bonds. The van der Waals surface area contributed by atoms with Gasteiger partial charge in [-0.2, -0.15) is 4.31 Å². The zero-order valence-corrected chi connectivity index (χ0v) is 20.2. The summed E-state index contributed by atoms with van der Waals surface area (Å²) >= 11 is 5.35. The molecule has 0 N–H and O–H groups in total. The quantitative estimate of drug-likeness (QED) is 0.390. The molecule has 1 unspecified atom stereocenters. The highest BCUT2D eigenvalue weighted by molar-refractivity contribution is 7.89. The fraction of sp³-hybridized carbons (Fsp3) is 0.636. The van der Waals surface area contributed by atoms with Crippen LogP contribution in [0.4, 0.5) is 0 Å². The molecular formula is C22H34N4O3S2. The zero-order valence-electron chi connectivity index (χ0n) is 18.6. The second-order valence-electron chi connectivity index (χ2n) is 8.38. The van der Waals surface area contributed by atoms with E-state index in [-0.39, 0.29) is 11.9 Å². The van der Waals surface area contributed by atoms with Crippen molar-refractivity contribution in [3.63, 3.8) is 0 Å². The molecule has 172 valence electrons. The number of carbonyl (C=O) groups is 1. The first-order chi connectivity index (χ1) is 14.8. The third kappa shape index (κ3) is 5.83. The van der Waals surface area contributed by atoms with E-state index in [9.17, 15) is 13.2 Å². The number of rotatable bonds is 10. The lowest BCUT2D eigenvalue weighted by atomic mass is 10.1. The van der Waals surface area contributed by atoms with E-state index in [2.05, 4.69) is 4.90 Å². The van der Waals surface area contributed by atoms with Crippen molar-refractivity contribution in [3.8, 4) is 0 Å². The summed E-state index contributed by atoms with van der Waals surface area (Å²) in [7, 11) is -1.63. The maximum absolute atomic E-state index is 12.7. The molecule has 0 aliphatic carbocycles. The summed E-state index contributed by atoms with van der Waals surface area (Å²) in [5, 5.41) is 0.644. The Bertz CT molecular complexity index is 855. The number of carbonyl (C=O) groups excluding carboxylic acids is 1. The van der Waals surface area contributed by atoms with Gasteiger partial charge in [0.25, 0.3) is 5.91 Å². The van der Waals surface area contributed by atoms with Crippen LogP contribution in [0.25, 0.3) is 0 Å². The van der Waals surface area contributed by atoms with Crippen molar-refractivity contribution in [1.82, 2.24) is 19.0 Å². The molecular weight excluding hydrogens is 432 g/mol. The average Bonchev–Trinajstić information content (AvgIpc) is 2.97. The minimum absolute atomic E-state index is 0.0849. The largest absolute Gasteiger partial charge is 0.337 e. The lowest BCUT2D eigenvalue weighted by Crippen LogP contribution is -2.48. The minimum Gasteiger partial charge on any atom is -0.337 e. The first-order valence-electron chi connectivity index (χ1n) is 11.2. The van der Waals surface area contributed by atoms with Crippen LogP contribution in [0.15, 0.2) is 35.2 Å². The molecule has 2 heterocycles. The maximum Gasteiger partial charge on any atom is 0.250 e. The smallest absolute Gasteiger partial charge is 0.250 e. The number of thiocarbonyl (C=S) groups is 1. The van der Waals surface area contributed by atoms with Crippen LogP contribution in [-0.4, -0.2) is 90.8 Å². The Balaban J connectivity index is 1.27. The normalized spacial score (nSPS) is 21.3. The highest BCUT2D eigenvalue weighted by Gasteiger charge is 2.36. The molecule has 2 saturated heterocycles. The van der Waals surface area contributed by atoms with Crippen molar-refractivity contribution in [2.75, 3.05) is 46.3 Å². The number of nitrogens with zero attached hydrogens (tertiary/aromatic N) is 4. The number of unbranched alkanes of at least 4 members (excludes halogenated alkanes) is 4. The first kappa shape index (κ1) is 24.1. The second-order valence-corrected chi connectivity index (χ2v) is 10.7. The number of likely N-dealkylation sites (N-methyl/N-ethyl adjacent to an activating group) is 1. The number of hydrogen-bond donors (Lipinski definition) is 0. The minimum atomic E-state index is -3.37. The molecule has 0 bridgehead atoms. The van der Waals surface area contributed by atoms with Crippen molar-refractivity contribution in [3.05, 3.63) is 30.3 Å². The molecule has 2 aliphatic heterocycles. The second kappa shape index (κ2) is 10.8. The molecule has 2 fully saturated rings. The monoisotopic (exact) mass is 466 g/mol. The van der Waals surface area contributed by atoms with E-state index in [1.807, 2.05) is 17.9 Å².